The van der Waals surface area contributed by atoms with Gasteiger partial charge in [0.15, 0.2) is 0 Å². The summed E-state index contributed by atoms with van der Waals surface area (Å²) in [5, 5.41) is 2.66. The third-order valence-electron chi connectivity index (χ3n) is 2.49. The number of amides is 1. The first-order chi connectivity index (χ1) is 8.72. The number of aryl methyl sites for hydroxylation is 1. The smallest absolute Gasteiger partial charge is 0.241 e. The first-order valence-electron chi connectivity index (χ1n) is 6.12. The van der Waals surface area contributed by atoms with E-state index in [1.165, 1.54) is 19.1 Å². The topological polar surface area (TPSA) is 75.3 Å². The highest BCUT2D eigenvalue weighted by Gasteiger charge is 2.22. The number of carbonyl (C=O) groups is 1. The monoisotopic (exact) mass is 284 g/mol. The molecule has 106 valence electrons. The summed E-state index contributed by atoms with van der Waals surface area (Å²) in [5.74, 6) is -0.342. The zero-order chi connectivity index (χ0) is 14.6. The molecule has 1 aromatic rings. The Labute approximate surface area is 114 Å². The lowest BCUT2D eigenvalue weighted by Gasteiger charge is -2.16. The number of nitrogens with one attached hydrogen (secondary N) is 2. The minimum absolute atomic E-state index is 0.0289. The van der Waals surface area contributed by atoms with E-state index in [2.05, 4.69) is 10.0 Å². The molecule has 19 heavy (non-hydrogen) atoms. The number of rotatable bonds is 5. The van der Waals surface area contributed by atoms with Crippen molar-refractivity contribution < 1.29 is 13.2 Å². The molecule has 0 saturated heterocycles. The predicted octanol–water partition coefficient (Wildman–Crippen LogP) is 1.19. The highest BCUT2D eigenvalue weighted by atomic mass is 32.2. The third kappa shape index (κ3) is 4.65. The van der Waals surface area contributed by atoms with Gasteiger partial charge in [0.05, 0.1) is 10.9 Å². The van der Waals surface area contributed by atoms with E-state index in [4.69, 9.17) is 0 Å². The zero-order valence-electron chi connectivity index (χ0n) is 11.6. The van der Waals surface area contributed by atoms with Crippen molar-refractivity contribution in [3.8, 4) is 0 Å². The Hall–Kier alpha value is -1.40. The summed E-state index contributed by atoms with van der Waals surface area (Å²) >= 11 is 0. The van der Waals surface area contributed by atoms with Crippen molar-refractivity contribution >= 4 is 15.9 Å². The lowest BCUT2D eigenvalue weighted by molar-refractivity contribution is -0.122. The van der Waals surface area contributed by atoms with Gasteiger partial charge in [-0.1, -0.05) is 17.7 Å². The fourth-order valence-electron chi connectivity index (χ4n) is 1.48. The Balaban J connectivity index is 2.80. The van der Waals surface area contributed by atoms with Gasteiger partial charge in [-0.2, -0.15) is 4.72 Å². The maximum atomic E-state index is 12.1. The number of benzene rings is 1. The van der Waals surface area contributed by atoms with Crippen LogP contribution in [0.25, 0.3) is 0 Å². The summed E-state index contributed by atoms with van der Waals surface area (Å²) in [4.78, 5) is 11.8. The SMILES string of the molecule is Cc1ccc(S(=O)(=O)N[C@H](C)C(=O)NC(C)C)cc1. The molecule has 0 spiro atoms. The standard InChI is InChI=1S/C13H20N2O3S/c1-9(2)14-13(16)11(4)15-19(17,18)12-7-5-10(3)6-8-12/h5-9,11,15H,1-4H3,(H,14,16)/t11-/m1/s1. The molecule has 0 fully saturated rings. The summed E-state index contributed by atoms with van der Waals surface area (Å²) in [6, 6.07) is 5.63. The van der Waals surface area contributed by atoms with Gasteiger partial charge in [0.1, 0.15) is 0 Å². The maximum Gasteiger partial charge on any atom is 0.241 e. The van der Waals surface area contributed by atoms with Crippen LogP contribution in [-0.4, -0.2) is 26.4 Å². The molecule has 1 aromatic carbocycles. The summed E-state index contributed by atoms with van der Waals surface area (Å²) in [5.41, 5.74) is 0.976. The van der Waals surface area contributed by atoms with Gasteiger partial charge in [0, 0.05) is 6.04 Å². The summed E-state index contributed by atoms with van der Waals surface area (Å²) < 4.78 is 26.5. The summed E-state index contributed by atoms with van der Waals surface area (Å²) in [6.45, 7) is 7.03. The van der Waals surface area contributed by atoms with Crippen LogP contribution in [0.15, 0.2) is 29.2 Å². The number of carbonyl (C=O) groups excluding carboxylic acids is 1. The van der Waals surface area contributed by atoms with E-state index in [0.29, 0.717) is 0 Å². The molecule has 0 bridgehead atoms. The number of hydrogen-bond donors (Lipinski definition) is 2. The van der Waals surface area contributed by atoms with Crippen molar-refractivity contribution in [3.05, 3.63) is 29.8 Å². The molecule has 6 heteroatoms. The molecule has 0 unspecified atom stereocenters. The summed E-state index contributed by atoms with van der Waals surface area (Å²) in [6.07, 6.45) is 0. The molecule has 0 aliphatic heterocycles. The average molecular weight is 284 g/mol. The molecule has 1 amide bonds. The minimum Gasteiger partial charge on any atom is -0.353 e. The molecule has 2 N–H and O–H groups in total. The normalized spacial score (nSPS) is 13.3. The number of sulfonamides is 1. The van der Waals surface area contributed by atoms with E-state index in [-0.39, 0.29) is 16.8 Å². The third-order valence-corrected chi connectivity index (χ3v) is 4.04. The molecule has 0 saturated carbocycles. The highest BCUT2D eigenvalue weighted by Crippen LogP contribution is 2.10. The number of hydrogen-bond acceptors (Lipinski definition) is 3. The van der Waals surface area contributed by atoms with Crippen LogP contribution in [0.2, 0.25) is 0 Å². The average Bonchev–Trinajstić information content (AvgIpc) is 2.27. The van der Waals surface area contributed by atoms with Gasteiger partial charge in [0.2, 0.25) is 15.9 Å². The molecule has 0 radical (unpaired) electrons. The van der Waals surface area contributed by atoms with Crippen LogP contribution in [0, 0.1) is 6.92 Å². The van der Waals surface area contributed by atoms with Crippen molar-refractivity contribution in [2.75, 3.05) is 0 Å². The van der Waals surface area contributed by atoms with E-state index >= 15 is 0 Å². The molecule has 1 rings (SSSR count). The lowest BCUT2D eigenvalue weighted by atomic mass is 10.2. The first-order valence-corrected chi connectivity index (χ1v) is 7.60. The molecule has 0 aliphatic rings. The van der Waals surface area contributed by atoms with Crippen LogP contribution >= 0.6 is 0 Å². The molecule has 0 heterocycles. The molecule has 5 nitrogen and oxygen atoms in total. The van der Waals surface area contributed by atoms with Crippen molar-refractivity contribution in [3.63, 3.8) is 0 Å². The van der Waals surface area contributed by atoms with E-state index in [1.807, 2.05) is 20.8 Å². The van der Waals surface area contributed by atoms with Crippen LogP contribution in [0.4, 0.5) is 0 Å². The van der Waals surface area contributed by atoms with E-state index in [0.717, 1.165) is 5.56 Å². The van der Waals surface area contributed by atoms with Crippen LogP contribution < -0.4 is 10.0 Å². The Morgan fingerprint density at radius 1 is 1.11 bits per heavy atom. The molecule has 1 atom stereocenters. The fourth-order valence-corrected chi connectivity index (χ4v) is 2.68. The van der Waals surface area contributed by atoms with Crippen LogP contribution in [-0.2, 0) is 14.8 Å². The molecule has 0 aliphatic carbocycles. The van der Waals surface area contributed by atoms with Gasteiger partial charge in [-0.15, -0.1) is 0 Å². The van der Waals surface area contributed by atoms with Gasteiger partial charge >= 0.3 is 0 Å². The van der Waals surface area contributed by atoms with Crippen molar-refractivity contribution in [2.24, 2.45) is 0 Å². The minimum atomic E-state index is -3.67. The molecular weight excluding hydrogens is 264 g/mol. The Morgan fingerprint density at radius 2 is 1.63 bits per heavy atom. The second-order valence-electron chi connectivity index (χ2n) is 4.82. The van der Waals surface area contributed by atoms with Crippen molar-refractivity contribution in [2.45, 2.75) is 44.7 Å². The zero-order valence-corrected chi connectivity index (χ0v) is 12.4. The quantitative estimate of drug-likeness (QED) is 0.852. The van der Waals surface area contributed by atoms with E-state index in [1.54, 1.807) is 12.1 Å². The van der Waals surface area contributed by atoms with Gasteiger partial charge in [0.25, 0.3) is 0 Å². The Kier molecular flexibility index (Phi) is 5.08. The van der Waals surface area contributed by atoms with Crippen molar-refractivity contribution in [1.29, 1.82) is 0 Å². The van der Waals surface area contributed by atoms with Gasteiger partial charge in [-0.25, -0.2) is 8.42 Å². The van der Waals surface area contributed by atoms with Crippen LogP contribution in [0.3, 0.4) is 0 Å². The van der Waals surface area contributed by atoms with Crippen LogP contribution in [0.5, 0.6) is 0 Å². The second kappa shape index (κ2) is 6.16. The first kappa shape index (κ1) is 15.7. The molecular formula is C13H20N2O3S. The lowest BCUT2D eigenvalue weighted by Crippen LogP contribution is -2.46. The predicted molar refractivity (Wildman–Crippen MR) is 74.2 cm³/mol. The molecule has 0 aromatic heterocycles. The largest absolute Gasteiger partial charge is 0.353 e. The van der Waals surface area contributed by atoms with Gasteiger partial charge < -0.3 is 5.32 Å². The van der Waals surface area contributed by atoms with E-state index < -0.39 is 16.1 Å². The summed E-state index contributed by atoms with van der Waals surface area (Å²) in [7, 11) is -3.67. The van der Waals surface area contributed by atoms with Crippen molar-refractivity contribution in [1.82, 2.24) is 10.0 Å². The fraction of sp³-hybridized carbons (Fsp3) is 0.462. The van der Waals surface area contributed by atoms with Gasteiger partial charge in [-0.3, -0.25) is 4.79 Å². The second-order valence-corrected chi connectivity index (χ2v) is 6.53. The Morgan fingerprint density at radius 3 is 2.11 bits per heavy atom. The van der Waals surface area contributed by atoms with Gasteiger partial charge in [-0.05, 0) is 39.8 Å². The van der Waals surface area contributed by atoms with Crippen LogP contribution in [0.1, 0.15) is 26.3 Å². The maximum absolute atomic E-state index is 12.1. The highest BCUT2D eigenvalue weighted by molar-refractivity contribution is 7.89. The Bertz CT molecular complexity index is 536. The van der Waals surface area contributed by atoms with E-state index in [9.17, 15) is 13.2 Å².